The highest BCUT2D eigenvalue weighted by atomic mass is 79.9. The molecule has 0 fully saturated rings. The SMILES string of the molecule is CCCNC(CCc1ccco1)Cc1ccc(Br)cc1Cl. The minimum atomic E-state index is 0.411. The van der Waals surface area contributed by atoms with Crippen molar-refractivity contribution in [3.8, 4) is 0 Å². The smallest absolute Gasteiger partial charge is 0.103 e. The zero-order valence-electron chi connectivity index (χ0n) is 12.2. The lowest BCUT2D eigenvalue weighted by Crippen LogP contribution is -2.32. The summed E-state index contributed by atoms with van der Waals surface area (Å²) >= 11 is 9.78. The average molecular weight is 371 g/mol. The molecule has 1 aromatic heterocycles. The molecule has 2 rings (SSSR count). The third kappa shape index (κ3) is 5.50. The van der Waals surface area contributed by atoms with Crippen molar-refractivity contribution in [1.29, 1.82) is 0 Å². The highest BCUT2D eigenvalue weighted by Gasteiger charge is 2.12. The summed E-state index contributed by atoms with van der Waals surface area (Å²) in [6.07, 6.45) is 5.79. The number of hydrogen-bond acceptors (Lipinski definition) is 2. The van der Waals surface area contributed by atoms with Gasteiger partial charge in [-0.1, -0.05) is 40.5 Å². The fraction of sp³-hybridized carbons (Fsp3) is 0.412. The number of benzene rings is 1. The van der Waals surface area contributed by atoms with Crippen LogP contribution in [0.25, 0.3) is 0 Å². The maximum absolute atomic E-state index is 6.33. The topological polar surface area (TPSA) is 25.2 Å². The Labute approximate surface area is 140 Å². The van der Waals surface area contributed by atoms with Gasteiger partial charge in [0, 0.05) is 22.0 Å². The molecule has 114 valence electrons. The second kappa shape index (κ2) is 8.62. The Balaban J connectivity index is 1.97. The number of hydrogen-bond donors (Lipinski definition) is 1. The van der Waals surface area contributed by atoms with E-state index in [1.54, 1.807) is 6.26 Å². The summed E-state index contributed by atoms with van der Waals surface area (Å²) in [5, 5.41) is 4.43. The lowest BCUT2D eigenvalue weighted by atomic mass is 10.0. The van der Waals surface area contributed by atoms with E-state index in [0.717, 1.165) is 47.5 Å². The molecule has 0 bridgehead atoms. The van der Waals surface area contributed by atoms with Crippen LogP contribution in [0.4, 0.5) is 0 Å². The maximum atomic E-state index is 6.33. The molecule has 1 aromatic carbocycles. The number of rotatable bonds is 8. The summed E-state index contributed by atoms with van der Waals surface area (Å²) in [6.45, 7) is 3.21. The summed E-state index contributed by atoms with van der Waals surface area (Å²) in [7, 11) is 0. The first kappa shape index (κ1) is 16.6. The van der Waals surface area contributed by atoms with Crippen LogP contribution in [-0.4, -0.2) is 12.6 Å². The Kier molecular flexibility index (Phi) is 6.81. The van der Waals surface area contributed by atoms with Crippen LogP contribution in [-0.2, 0) is 12.8 Å². The molecule has 0 saturated carbocycles. The lowest BCUT2D eigenvalue weighted by Gasteiger charge is -2.19. The Hall–Kier alpha value is -0.770. The molecule has 0 radical (unpaired) electrons. The first-order valence-electron chi connectivity index (χ1n) is 7.38. The van der Waals surface area contributed by atoms with Crippen molar-refractivity contribution in [1.82, 2.24) is 5.32 Å². The maximum Gasteiger partial charge on any atom is 0.103 e. The second-order valence-electron chi connectivity index (χ2n) is 5.21. The standard InChI is InChI=1S/C17H21BrClNO/c1-2-9-20-15(7-8-16-4-3-10-21-16)11-13-5-6-14(18)12-17(13)19/h3-6,10,12,15,20H,2,7-9,11H2,1H3. The largest absolute Gasteiger partial charge is 0.469 e. The first-order chi connectivity index (χ1) is 10.2. The van der Waals surface area contributed by atoms with E-state index in [9.17, 15) is 0 Å². The summed E-state index contributed by atoms with van der Waals surface area (Å²) in [6, 6.07) is 10.5. The second-order valence-corrected chi connectivity index (χ2v) is 6.53. The van der Waals surface area contributed by atoms with Gasteiger partial charge in [0.05, 0.1) is 6.26 Å². The highest BCUT2D eigenvalue weighted by molar-refractivity contribution is 9.10. The van der Waals surface area contributed by atoms with Gasteiger partial charge < -0.3 is 9.73 Å². The van der Waals surface area contributed by atoms with Gasteiger partial charge in [-0.3, -0.25) is 0 Å². The molecule has 0 spiro atoms. The van der Waals surface area contributed by atoms with Crippen molar-refractivity contribution in [3.05, 3.63) is 57.4 Å². The van der Waals surface area contributed by atoms with Gasteiger partial charge in [-0.25, -0.2) is 0 Å². The van der Waals surface area contributed by atoms with E-state index < -0.39 is 0 Å². The van der Waals surface area contributed by atoms with Gasteiger partial charge in [-0.15, -0.1) is 0 Å². The van der Waals surface area contributed by atoms with Gasteiger partial charge in [0.1, 0.15) is 5.76 Å². The molecule has 21 heavy (non-hydrogen) atoms. The third-order valence-corrected chi connectivity index (χ3v) is 4.33. The molecule has 0 amide bonds. The van der Waals surface area contributed by atoms with Crippen molar-refractivity contribution in [2.45, 2.75) is 38.6 Å². The predicted octanol–water partition coefficient (Wildman–Crippen LogP) is 5.24. The van der Waals surface area contributed by atoms with Gasteiger partial charge in [-0.05, 0) is 55.6 Å². The summed E-state index contributed by atoms with van der Waals surface area (Å²) in [4.78, 5) is 0. The normalized spacial score (nSPS) is 12.5. The number of aryl methyl sites for hydroxylation is 1. The molecule has 0 aliphatic rings. The van der Waals surface area contributed by atoms with Crippen LogP contribution in [0.1, 0.15) is 31.1 Å². The average Bonchev–Trinajstić information content (AvgIpc) is 2.97. The van der Waals surface area contributed by atoms with Crippen molar-refractivity contribution >= 4 is 27.5 Å². The quantitative estimate of drug-likeness (QED) is 0.687. The Bertz CT molecular complexity index is 542. The molecule has 2 nitrogen and oxygen atoms in total. The van der Waals surface area contributed by atoms with E-state index in [-0.39, 0.29) is 0 Å². The minimum Gasteiger partial charge on any atom is -0.469 e. The van der Waals surface area contributed by atoms with Crippen LogP contribution in [0.15, 0.2) is 45.5 Å². The fourth-order valence-corrected chi connectivity index (χ4v) is 3.10. The minimum absolute atomic E-state index is 0.411. The van der Waals surface area contributed by atoms with E-state index >= 15 is 0 Å². The van der Waals surface area contributed by atoms with Crippen LogP contribution in [0.3, 0.4) is 0 Å². The van der Waals surface area contributed by atoms with Gasteiger partial charge >= 0.3 is 0 Å². The molecule has 2 aromatic rings. The predicted molar refractivity (Wildman–Crippen MR) is 92.0 cm³/mol. The molecular formula is C17H21BrClNO. The zero-order valence-corrected chi connectivity index (χ0v) is 14.6. The zero-order chi connectivity index (χ0) is 15.1. The summed E-state index contributed by atoms with van der Waals surface area (Å²) < 4.78 is 6.44. The molecule has 1 heterocycles. The molecule has 0 aliphatic carbocycles. The highest BCUT2D eigenvalue weighted by Crippen LogP contribution is 2.23. The van der Waals surface area contributed by atoms with Crippen LogP contribution in [0, 0.1) is 0 Å². The van der Waals surface area contributed by atoms with Crippen LogP contribution in [0.5, 0.6) is 0 Å². The Morgan fingerprint density at radius 1 is 1.33 bits per heavy atom. The molecule has 1 unspecified atom stereocenters. The van der Waals surface area contributed by atoms with Crippen LogP contribution >= 0.6 is 27.5 Å². The monoisotopic (exact) mass is 369 g/mol. The molecule has 0 saturated heterocycles. The number of halogens is 2. The third-order valence-electron chi connectivity index (χ3n) is 3.48. The van der Waals surface area contributed by atoms with E-state index in [1.165, 1.54) is 5.56 Å². The molecule has 1 atom stereocenters. The van der Waals surface area contributed by atoms with E-state index in [4.69, 9.17) is 16.0 Å². The molecule has 1 N–H and O–H groups in total. The van der Waals surface area contributed by atoms with Crippen LogP contribution < -0.4 is 5.32 Å². The number of nitrogens with one attached hydrogen (secondary N) is 1. The van der Waals surface area contributed by atoms with Crippen molar-refractivity contribution < 1.29 is 4.42 Å². The van der Waals surface area contributed by atoms with Crippen LogP contribution in [0.2, 0.25) is 5.02 Å². The van der Waals surface area contributed by atoms with Gasteiger partial charge in [0.2, 0.25) is 0 Å². The molecular weight excluding hydrogens is 350 g/mol. The van der Waals surface area contributed by atoms with Gasteiger partial charge in [-0.2, -0.15) is 0 Å². The lowest BCUT2D eigenvalue weighted by molar-refractivity contribution is 0.441. The summed E-state index contributed by atoms with van der Waals surface area (Å²) in [5.41, 5.74) is 1.19. The van der Waals surface area contributed by atoms with E-state index in [2.05, 4.69) is 34.2 Å². The van der Waals surface area contributed by atoms with Crippen molar-refractivity contribution in [2.24, 2.45) is 0 Å². The van der Waals surface area contributed by atoms with Gasteiger partial charge in [0.25, 0.3) is 0 Å². The van der Waals surface area contributed by atoms with E-state index in [1.807, 2.05) is 24.3 Å². The Morgan fingerprint density at radius 3 is 2.86 bits per heavy atom. The molecule has 0 aliphatic heterocycles. The first-order valence-corrected chi connectivity index (χ1v) is 8.56. The fourth-order valence-electron chi connectivity index (χ4n) is 2.35. The van der Waals surface area contributed by atoms with Crippen molar-refractivity contribution in [2.75, 3.05) is 6.54 Å². The Morgan fingerprint density at radius 2 is 2.19 bits per heavy atom. The number of furan rings is 1. The van der Waals surface area contributed by atoms with E-state index in [0.29, 0.717) is 6.04 Å². The molecule has 4 heteroatoms. The van der Waals surface area contributed by atoms with Gasteiger partial charge in [0.15, 0.2) is 0 Å². The summed E-state index contributed by atoms with van der Waals surface area (Å²) in [5.74, 6) is 1.04. The van der Waals surface area contributed by atoms with Crippen molar-refractivity contribution in [3.63, 3.8) is 0 Å².